The number of rotatable bonds is 6. The number of benzene rings is 1. The molecule has 0 saturated heterocycles. The maximum absolute atomic E-state index is 13.9. The molecule has 20 heavy (non-hydrogen) atoms. The van der Waals surface area contributed by atoms with Gasteiger partial charge in [0.1, 0.15) is 0 Å². The summed E-state index contributed by atoms with van der Waals surface area (Å²) in [6.45, 7) is 2.95. The molecular formula is C16H19FN2O. The van der Waals surface area contributed by atoms with Gasteiger partial charge in [0, 0.05) is 12.4 Å². The van der Waals surface area contributed by atoms with E-state index in [9.17, 15) is 4.39 Å². The number of aromatic nitrogens is 1. The van der Waals surface area contributed by atoms with Crippen molar-refractivity contribution in [2.24, 2.45) is 0 Å². The minimum Gasteiger partial charge on any atom is -0.494 e. The molecule has 1 atom stereocenters. The molecule has 106 valence electrons. The van der Waals surface area contributed by atoms with Gasteiger partial charge in [-0.25, -0.2) is 4.39 Å². The van der Waals surface area contributed by atoms with Crippen LogP contribution in [0.2, 0.25) is 0 Å². The van der Waals surface area contributed by atoms with Crippen LogP contribution in [0.1, 0.15) is 30.5 Å². The zero-order chi connectivity index (χ0) is 14.4. The van der Waals surface area contributed by atoms with Crippen molar-refractivity contribution in [2.45, 2.75) is 19.4 Å². The molecule has 4 heteroatoms. The highest BCUT2D eigenvalue weighted by Gasteiger charge is 2.15. The van der Waals surface area contributed by atoms with Gasteiger partial charge in [0.2, 0.25) is 0 Å². The lowest BCUT2D eigenvalue weighted by atomic mass is 9.99. The van der Waals surface area contributed by atoms with E-state index in [1.54, 1.807) is 18.5 Å². The normalized spacial score (nSPS) is 12.2. The van der Waals surface area contributed by atoms with Crippen molar-refractivity contribution in [3.8, 4) is 5.75 Å². The predicted molar refractivity (Wildman–Crippen MR) is 77.3 cm³/mol. The third kappa shape index (κ3) is 3.33. The van der Waals surface area contributed by atoms with Crippen molar-refractivity contribution < 1.29 is 9.13 Å². The van der Waals surface area contributed by atoms with Crippen LogP contribution in [-0.2, 0) is 0 Å². The van der Waals surface area contributed by atoms with Gasteiger partial charge in [-0.3, -0.25) is 4.98 Å². The van der Waals surface area contributed by atoms with E-state index < -0.39 is 0 Å². The minimum atomic E-state index is -0.350. The lowest BCUT2D eigenvalue weighted by Gasteiger charge is -2.19. The SMILES string of the molecule is CCCNC(c1cccnc1)c1ccc(OC)c(F)c1. The van der Waals surface area contributed by atoms with Gasteiger partial charge < -0.3 is 10.1 Å². The first-order valence-corrected chi connectivity index (χ1v) is 6.73. The van der Waals surface area contributed by atoms with E-state index in [-0.39, 0.29) is 17.6 Å². The Morgan fingerprint density at radius 1 is 1.30 bits per heavy atom. The number of pyridine rings is 1. The zero-order valence-corrected chi connectivity index (χ0v) is 11.8. The first kappa shape index (κ1) is 14.5. The molecule has 2 rings (SSSR count). The van der Waals surface area contributed by atoms with Crippen LogP contribution in [0.25, 0.3) is 0 Å². The molecule has 2 aromatic rings. The molecule has 1 heterocycles. The second-order valence-electron chi connectivity index (χ2n) is 4.57. The number of nitrogens with one attached hydrogen (secondary N) is 1. The van der Waals surface area contributed by atoms with E-state index in [0.29, 0.717) is 0 Å². The van der Waals surface area contributed by atoms with E-state index in [1.165, 1.54) is 13.2 Å². The first-order chi connectivity index (χ1) is 9.76. The molecule has 0 aliphatic carbocycles. The van der Waals surface area contributed by atoms with Crippen LogP contribution in [0.15, 0.2) is 42.7 Å². The largest absolute Gasteiger partial charge is 0.494 e. The molecule has 0 aliphatic rings. The number of ether oxygens (including phenoxy) is 1. The predicted octanol–water partition coefficient (Wildman–Crippen LogP) is 3.32. The molecule has 3 nitrogen and oxygen atoms in total. The van der Waals surface area contributed by atoms with E-state index in [4.69, 9.17) is 4.74 Å². The Bertz CT molecular complexity index is 545. The quantitative estimate of drug-likeness (QED) is 0.877. The third-order valence-electron chi connectivity index (χ3n) is 3.13. The maximum Gasteiger partial charge on any atom is 0.165 e. The Balaban J connectivity index is 2.33. The Kier molecular flexibility index (Phi) is 5.07. The van der Waals surface area contributed by atoms with Gasteiger partial charge in [-0.2, -0.15) is 0 Å². The fourth-order valence-electron chi connectivity index (χ4n) is 2.13. The lowest BCUT2D eigenvalue weighted by molar-refractivity contribution is 0.385. The molecule has 0 fully saturated rings. The maximum atomic E-state index is 13.9. The number of nitrogens with zero attached hydrogens (tertiary/aromatic N) is 1. The van der Waals surface area contributed by atoms with Gasteiger partial charge in [-0.15, -0.1) is 0 Å². The average Bonchev–Trinajstić information content (AvgIpc) is 2.49. The zero-order valence-electron chi connectivity index (χ0n) is 11.8. The average molecular weight is 274 g/mol. The van der Waals surface area contributed by atoms with Crippen molar-refractivity contribution in [1.29, 1.82) is 0 Å². The standard InChI is InChI=1S/C16H19FN2O/c1-3-8-19-16(13-5-4-9-18-11-13)12-6-7-15(20-2)14(17)10-12/h4-7,9-11,16,19H,3,8H2,1-2H3. The van der Waals surface area contributed by atoms with Gasteiger partial charge in [-0.05, 0) is 42.3 Å². The van der Waals surface area contributed by atoms with Crippen LogP contribution in [0.5, 0.6) is 5.75 Å². The fourth-order valence-corrected chi connectivity index (χ4v) is 2.13. The van der Waals surface area contributed by atoms with E-state index in [2.05, 4.69) is 17.2 Å². The van der Waals surface area contributed by atoms with Crippen molar-refractivity contribution in [3.63, 3.8) is 0 Å². The smallest absolute Gasteiger partial charge is 0.165 e. The third-order valence-corrected chi connectivity index (χ3v) is 3.13. The van der Waals surface area contributed by atoms with Gasteiger partial charge >= 0.3 is 0 Å². The van der Waals surface area contributed by atoms with Gasteiger partial charge in [0.15, 0.2) is 11.6 Å². The summed E-state index contributed by atoms with van der Waals surface area (Å²) in [5.74, 6) is -0.0913. The number of methoxy groups -OCH3 is 1. The second-order valence-corrected chi connectivity index (χ2v) is 4.57. The van der Waals surface area contributed by atoms with Crippen molar-refractivity contribution in [2.75, 3.05) is 13.7 Å². The van der Waals surface area contributed by atoms with Crippen molar-refractivity contribution >= 4 is 0 Å². The van der Waals surface area contributed by atoms with E-state index in [0.717, 1.165) is 24.1 Å². The second kappa shape index (κ2) is 7.01. The molecule has 1 unspecified atom stereocenters. The summed E-state index contributed by atoms with van der Waals surface area (Å²) in [7, 11) is 1.46. The van der Waals surface area contributed by atoms with Crippen LogP contribution in [0.3, 0.4) is 0 Å². The molecule has 0 spiro atoms. The summed E-state index contributed by atoms with van der Waals surface area (Å²) >= 11 is 0. The number of hydrogen-bond donors (Lipinski definition) is 1. The Morgan fingerprint density at radius 2 is 2.15 bits per heavy atom. The molecule has 1 aromatic heterocycles. The summed E-state index contributed by atoms with van der Waals surface area (Å²) in [4.78, 5) is 4.14. The van der Waals surface area contributed by atoms with E-state index in [1.807, 2.05) is 18.2 Å². The summed E-state index contributed by atoms with van der Waals surface area (Å²) in [5, 5.41) is 3.42. The van der Waals surface area contributed by atoms with Gasteiger partial charge in [0.25, 0.3) is 0 Å². The molecule has 1 aromatic carbocycles. The Labute approximate surface area is 118 Å². The summed E-state index contributed by atoms with van der Waals surface area (Å²) in [6, 6.07) is 8.85. The highest BCUT2D eigenvalue weighted by Crippen LogP contribution is 2.26. The molecule has 0 radical (unpaired) electrons. The fraction of sp³-hybridized carbons (Fsp3) is 0.312. The summed E-state index contributed by atoms with van der Waals surface area (Å²) in [5.41, 5.74) is 1.88. The highest BCUT2D eigenvalue weighted by atomic mass is 19.1. The van der Waals surface area contributed by atoms with Crippen molar-refractivity contribution in [1.82, 2.24) is 10.3 Å². The van der Waals surface area contributed by atoms with Crippen LogP contribution in [0.4, 0.5) is 4.39 Å². The summed E-state index contributed by atoms with van der Waals surface area (Å²) < 4.78 is 18.8. The topological polar surface area (TPSA) is 34.2 Å². The first-order valence-electron chi connectivity index (χ1n) is 6.73. The van der Waals surface area contributed by atoms with E-state index >= 15 is 0 Å². The van der Waals surface area contributed by atoms with Crippen LogP contribution in [-0.4, -0.2) is 18.6 Å². The number of halogens is 1. The molecular weight excluding hydrogens is 255 g/mol. The molecule has 0 amide bonds. The van der Waals surface area contributed by atoms with Gasteiger partial charge in [-0.1, -0.05) is 19.1 Å². The Morgan fingerprint density at radius 3 is 2.75 bits per heavy atom. The molecule has 0 bridgehead atoms. The molecule has 0 saturated carbocycles. The van der Waals surface area contributed by atoms with Crippen LogP contribution >= 0.6 is 0 Å². The van der Waals surface area contributed by atoms with Crippen LogP contribution < -0.4 is 10.1 Å². The van der Waals surface area contributed by atoms with Crippen molar-refractivity contribution in [3.05, 3.63) is 59.7 Å². The molecule has 0 aliphatic heterocycles. The Hall–Kier alpha value is -1.94. The lowest BCUT2D eigenvalue weighted by Crippen LogP contribution is -2.23. The summed E-state index contributed by atoms with van der Waals surface area (Å²) in [6.07, 6.45) is 4.54. The van der Waals surface area contributed by atoms with Crippen LogP contribution in [0, 0.1) is 5.82 Å². The highest BCUT2D eigenvalue weighted by molar-refractivity contribution is 5.35. The number of hydrogen-bond acceptors (Lipinski definition) is 3. The molecule has 1 N–H and O–H groups in total. The van der Waals surface area contributed by atoms with Gasteiger partial charge in [0.05, 0.1) is 13.2 Å². The minimum absolute atomic E-state index is 0.0657. The monoisotopic (exact) mass is 274 g/mol.